The highest BCUT2D eigenvalue weighted by molar-refractivity contribution is 7.47. The Morgan fingerprint density at radius 3 is 2.34 bits per heavy atom. The van der Waals surface area contributed by atoms with Crippen LogP contribution in [0.4, 0.5) is 11.6 Å². The third-order valence-corrected chi connectivity index (χ3v) is 10.5. The average Bonchev–Trinajstić information content (AvgIpc) is 3.28. The molecule has 4 aromatic rings. The second-order valence-corrected chi connectivity index (χ2v) is 13.4. The number of aliphatic hydroxyl groups is 2. The number of nitrogens with two attached hydrogens (primary N) is 2. The van der Waals surface area contributed by atoms with E-state index in [1.54, 1.807) is 4.57 Å². The second kappa shape index (κ2) is 9.85. The number of nitrogens with zero attached hydrogens (tertiary/aromatic N) is 8. The van der Waals surface area contributed by atoms with E-state index in [0.717, 1.165) is 0 Å². The lowest BCUT2D eigenvalue weighted by atomic mass is 10.0. The van der Waals surface area contributed by atoms with Crippen LogP contribution in [0.1, 0.15) is 18.7 Å². The van der Waals surface area contributed by atoms with E-state index >= 15 is 0 Å². The van der Waals surface area contributed by atoms with Crippen LogP contribution in [0.15, 0.2) is 25.3 Å². The van der Waals surface area contributed by atoms with Gasteiger partial charge < -0.3 is 35.9 Å². The molecule has 232 valence electrons. The number of nitrogen functional groups attached to an aromatic ring is 2. The van der Waals surface area contributed by atoms with Gasteiger partial charge in [-0.2, -0.15) is 0 Å². The fraction of sp³-hybridized carbons (Fsp3) is 0.545. The lowest BCUT2D eigenvalue weighted by Gasteiger charge is -2.26. The summed E-state index contributed by atoms with van der Waals surface area (Å²) in [4.78, 5) is 35.6. The number of imidazole rings is 2. The number of hydrogen-bond acceptors (Lipinski definition) is 17. The van der Waals surface area contributed by atoms with Gasteiger partial charge in [0.25, 0.3) is 0 Å². The number of hydrogen-bond donors (Lipinski definition) is 5. The summed E-state index contributed by atoms with van der Waals surface area (Å²) in [7, 11) is -7.79. The van der Waals surface area contributed by atoms with Crippen LogP contribution in [0, 0.1) is 11.3 Å². The molecule has 2 saturated heterocycles. The topological polar surface area (TPSA) is 280 Å². The van der Waals surface area contributed by atoms with Crippen molar-refractivity contribution in [2.24, 2.45) is 11.3 Å². The molecule has 2 aliphatic heterocycles. The first-order valence-corrected chi connectivity index (χ1v) is 16.0. The number of aromatic nitrogens is 8. The van der Waals surface area contributed by atoms with Crippen molar-refractivity contribution >= 4 is 50.0 Å². The maximum Gasteiger partial charge on any atom is 0.697 e. The van der Waals surface area contributed by atoms with E-state index < -0.39 is 77.5 Å². The lowest BCUT2D eigenvalue weighted by Crippen LogP contribution is -2.37. The minimum Gasteiger partial charge on any atom is -0.388 e. The predicted molar refractivity (Wildman–Crippen MR) is 144 cm³/mol. The zero-order chi connectivity index (χ0) is 30.5. The van der Waals surface area contributed by atoms with Crippen molar-refractivity contribution in [2.45, 2.75) is 49.2 Å². The summed E-state index contributed by atoms with van der Waals surface area (Å²) in [6.45, 7) is -0.885. The Balaban J connectivity index is 1.12. The lowest BCUT2D eigenvalue weighted by molar-refractivity contribution is -0.0585. The molecule has 4 fully saturated rings. The Hall–Kier alpha value is -3.29. The van der Waals surface area contributed by atoms with Crippen molar-refractivity contribution in [1.82, 2.24) is 39.0 Å². The zero-order valence-electron chi connectivity index (χ0n) is 22.4. The molecule has 2 aliphatic carbocycles. The van der Waals surface area contributed by atoms with Gasteiger partial charge in [0.1, 0.15) is 54.7 Å². The van der Waals surface area contributed by atoms with Crippen LogP contribution in [0.2, 0.25) is 0 Å². The number of phosphoric ester groups is 1. The Morgan fingerprint density at radius 1 is 0.977 bits per heavy atom. The largest absolute Gasteiger partial charge is 0.697 e. The number of phosphoric acid groups is 1. The van der Waals surface area contributed by atoms with Crippen LogP contribution in [-0.2, 0) is 32.0 Å². The molecule has 0 radical (unpaired) electrons. The summed E-state index contributed by atoms with van der Waals surface area (Å²) in [5, 5.41) is 22.5. The van der Waals surface area contributed by atoms with Crippen molar-refractivity contribution in [2.75, 3.05) is 24.7 Å². The third kappa shape index (κ3) is 4.18. The van der Waals surface area contributed by atoms with Gasteiger partial charge in [0.05, 0.1) is 25.3 Å². The summed E-state index contributed by atoms with van der Waals surface area (Å²) < 4.78 is 57.6. The van der Waals surface area contributed by atoms with Gasteiger partial charge in [0.2, 0.25) is 0 Å². The molecule has 2 saturated carbocycles. The Morgan fingerprint density at radius 2 is 1.64 bits per heavy atom. The molecule has 8 rings (SSSR count). The van der Waals surface area contributed by atoms with Crippen molar-refractivity contribution in [3.63, 3.8) is 0 Å². The van der Waals surface area contributed by atoms with Gasteiger partial charge in [-0.05, 0) is 12.3 Å². The minimum atomic E-state index is -4.91. The molecule has 44 heavy (non-hydrogen) atoms. The molecular formula is C22H25N10O10P2+. The number of ether oxygens (including phenoxy) is 1. The fourth-order valence-corrected chi connectivity index (χ4v) is 8.50. The van der Waals surface area contributed by atoms with Crippen LogP contribution in [0.25, 0.3) is 22.3 Å². The summed E-state index contributed by atoms with van der Waals surface area (Å²) in [5.74, 6) is -0.132. The molecule has 22 heteroatoms. The van der Waals surface area contributed by atoms with E-state index in [9.17, 15) is 24.2 Å². The normalized spacial score (nSPS) is 39.8. The van der Waals surface area contributed by atoms with Crippen LogP contribution in [0.3, 0.4) is 0 Å². The van der Waals surface area contributed by atoms with E-state index in [1.165, 1.54) is 29.9 Å². The van der Waals surface area contributed by atoms with Gasteiger partial charge in [-0.25, -0.2) is 34.5 Å². The molecule has 7 N–H and O–H groups in total. The van der Waals surface area contributed by atoms with E-state index in [1.807, 2.05) is 0 Å². The molecule has 0 aromatic carbocycles. The Bertz CT molecular complexity index is 1860. The van der Waals surface area contributed by atoms with Gasteiger partial charge >= 0.3 is 16.1 Å². The van der Waals surface area contributed by atoms with Crippen molar-refractivity contribution in [1.29, 1.82) is 0 Å². The molecule has 20 nitrogen and oxygen atoms in total. The Labute approximate surface area is 246 Å². The highest BCUT2D eigenvalue weighted by Crippen LogP contribution is 2.71. The van der Waals surface area contributed by atoms with E-state index in [4.69, 9.17) is 34.3 Å². The van der Waals surface area contributed by atoms with Gasteiger partial charge in [-0.1, -0.05) is 0 Å². The van der Waals surface area contributed by atoms with Gasteiger partial charge in [0, 0.05) is 9.98 Å². The summed E-state index contributed by atoms with van der Waals surface area (Å²) in [5.41, 5.74) is 11.9. The maximum atomic E-state index is 13.4. The summed E-state index contributed by atoms with van der Waals surface area (Å²) >= 11 is 0. The second-order valence-electron chi connectivity index (χ2n) is 11.1. The quantitative estimate of drug-likeness (QED) is 0.172. The van der Waals surface area contributed by atoms with Gasteiger partial charge in [-0.3, -0.25) is 13.6 Å². The molecule has 1 spiro atoms. The summed E-state index contributed by atoms with van der Waals surface area (Å²) in [6, 6.07) is -0.687. The molecule has 2 bridgehead atoms. The highest BCUT2D eigenvalue weighted by Gasteiger charge is 2.75. The predicted octanol–water partition coefficient (Wildman–Crippen LogP) is -0.414. The van der Waals surface area contributed by atoms with E-state index in [2.05, 4.69) is 29.9 Å². The smallest absolute Gasteiger partial charge is 0.388 e. The molecule has 4 aromatic heterocycles. The van der Waals surface area contributed by atoms with Crippen molar-refractivity contribution < 1.29 is 47.1 Å². The molecule has 6 heterocycles. The van der Waals surface area contributed by atoms with Crippen molar-refractivity contribution in [3.05, 3.63) is 25.3 Å². The van der Waals surface area contributed by atoms with Crippen LogP contribution < -0.4 is 11.5 Å². The standard InChI is InChI=1S/C22H24N10O10P2/c23-17-10-19(27-4-25-17)31(6-29-10)12-8-1-22(8)3-39-44(36,37)42-15-13(33)9(2-38-43(35)41-16(22)14(12)34)40-21(15)32-7-30-11-18(24)26-5-28-20(11)32/h4-9,12-16,21,33-34H,1-3H2,(H4-,23,24,25,26,27,28,36,37)/p+1/t8-,9-,12-,13-,14+,15-,16+,21-,22+/m1/s1. The van der Waals surface area contributed by atoms with E-state index in [0.29, 0.717) is 17.6 Å². The molecular weight excluding hydrogens is 626 g/mol. The highest BCUT2D eigenvalue weighted by atomic mass is 31.2. The first kappa shape index (κ1) is 28.2. The number of anilines is 2. The van der Waals surface area contributed by atoms with Crippen LogP contribution in [-0.4, -0.2) is 97.9 Å². The Kier molecular flexibility index (Phi) is 6.32. The summed E-state index contributed by atoms with van der Waals surface area (Å²) in [6.07, 6.45) is -2.29. The number of fused-ring (bicyclic) bond motifs is 4. The fourth-order valence-electron chi connectivity index (χ4n) is 6.65. The monoisotopic (exact) mass is 651 g/mol. The third-order valence-electron chi connectivity index (χ3n) is 8.79. The van der Waals surface area contributed by atoms with Gasteiger partial charge in [-0.15, -0.1) is 9.05 Å². The molecule has 2 unspecified atom stereocenters. The van der Waals surface area contributed by atoms with Crippen molar-refractivity contribution in [3.8, 4) is 0 Å². The van der Waals surface area contributed by atoms with E-state index in [-0.39, 0.29) is 28.7 Å². The average molecular weight is 651 g/mol. The molecule has 0 amide bonds. The number of aliphatic hydroxyl groups excluding tert-OH is 2. The molecule has 11 atom stereocenters. The van der Waals surface area contributed by atoms with Gasteiger partial charge in [0.15, 0.2) is 35.3 Å². The molecule has 4 aliphatic rings. The van der Waals surface area contributed by atoms with Crippen LogP contribution in [0.5, 0.6) is 0 Å². The van der Waals surface area contributed by atoms with Crippen LogP contribution >= 0.6 is 16.1 Å². The number of rotatable bonds is 2. The minimum absolute atomic E-state index is 0.0848. The maximum absolute atomic E-state index is 13.4. The first-order valence-electron chi connectivity index (χ1n) is 13.4. The zero-order valence-corrected chi connectivity index (χ0v) is 24.2. The SMILES string of the molecule is Nc1ncnc2c1ncn2[C@H]1[C@H](O)[C@@H]2O[P+](=O)OC[C@H]3O[C@@H](n4cnc5c(N)ncnc54)[C@H](OP(=O)(O)OC[C@]24C[C@H]14)[C@@H]3O. The first-order chi connectivity index (χ1) is 21.1.